The Morgan fingerprint density at radius 1 is 1.28 bits per heavy atom. The molecular formula is C19H18ClFN2O2. The van der Waals surface area contributed by atoms with Crippen LogP contribution in [0.15, 0.2) is 59.7 Å². The number of halogens is 2. The Labute approximate surface area is 151 Å². The van der Waals surface area contributed by atoms with Gasteiger partial charge in [-0.2, -0.15) is 5.10 Å². The molecule has 0 unspecified atom stereocenters. The molecule has 0 heterocycles. The Kier molecular flexibility index (Phi) is 6.71. The number of hydrogen-bond acceptors (Lipinski definition) is 3. The third-order valence-corrected chi connectivity index (χ3v) is 3.64. The zero-order chi connectivity index (χ0) is 18.2. The lowest BCUT2D eigenvalue weighted by Gasteiger charge is -2.14. The van der Waals surface area contributed by atoms with E-state index in [-0.39, 0.29) is 12.1 Å². The number of benzene rings is 2. The summed E-state index contributed by atoms with van der Waals surface area (Å²) in [5, 5.41) is 6.09. The van der Waals surface area contributed by atoms with Gasteiger partial charge in [-0.05, 0) is 42.8 Å². The van der Waals surface area contributed by atoms with E-state index in [4.69, 9.17) is 16.3 Å². The second kappa shape index (κ2) is 8.99. The molecule has 0 spiro atoms. The van der Waals surface area contributed by atoms with Gasteiger partial charge in [-0.3, -0.25) is 4.79 Å². The van der Waals surface area contributed by atoms with E-state index in [0.29, 0.717) is 22.9 Å². The summed E-state index contributed by atoms with van der Waals surface area (Å²) in [4.78, 5) is 11.4. The van der Waals surface area contributed by atoms with Crippen molar-refractivity contribution >= 4 is 23.7 Å². The zero-order valence-corrected chi connectivity index (χ0v) is 14.7. The SMILES string of the molecule is C/C=C\C(=N/N(C=O)Cc1ccc(Cl)cc1)c1ccc(OC)cc1F. The topological polar surface area (TPSA) is 41.9 Å². The first-order valence-electron chi connectivity index (χ1n) is 7.59. The molecule has 0 saturated carbocycles. The van der Waals surface area contributed by atoms with Gasteiger partial charge in [0.25, 0.3) is 0 Å². The summed E-state index contributed by atoms with van der Waals surface area (Å²) in [6.45, 7) is 2.04. The minimum Gasteiger partial charge on any atom is -0.497 e. The van der Waals surface area contributed by atoms with Gasteiger partial charge in [0.2, 0.25) is 6.41 Å². The first-order chi connectivity index (χ1) is 12.1. The van der Waals surface area contributed by atoms with Crippen molar-refractivity contribution in [2.75, 3.05) is 7.11 Å². The highest BCUT2D eigenvalue weighted by atomic mass is 35.5. The lowest BCUT2D eigenvalue weighted by atomic mass is 10.1. The molecule has 0 atom stereocenters. The maximum Gasteiger partial charge on any atom is 0.230 e. The summed E-state index contributed by atoms with van der Waals surface area (Å²) >= 11 is 5.86. The predicted octanol–water partition coefficient (Wildman–Crippen LogP) is 4.43. The van der Waals surface area contributed by atoms with Crippen LogP contribution < -0.4 is 4.74 Å². The van der Waals surface area contributed by atoms with Crippen LogP contribution in [0, 0.1) is 5.82 Å². The van der Waals surface area contributed by atoms with Gasteiger partial charge in [-0.15, -0.1) is 0 Å². The molecule has 1 amide bonds. The third-order valence-electron chi connectivity index (χ3n) is 3.39. The molecular weight excluding hydrogens is 343 g/mol. The average Bonchev–Trinajstić information content (AvgIpc) is 2.62. The molecule has 2 rings (SSSR count). The van der Waals surface area contributed by atoms with Crippen molar-refractivity contribution in [2.24, 2.45) is 5.10 Å². The summed E-state index contributed by atoms with van der Waals surface area (Å²) in [6.07, 6.45) is 3.97. The van der Waals surface area contributed by atoms with Gasteiger partial charge < -0.3 is 4.74 Å². The van der Waals surface area contributed by atoms with E-state index in [2.05, 4.69) is 5.10 Å². The molecule has 6 heteroatoms. The Balaban J connectivity index is 2.33. The van der Waals surface area contributed by atoms with Crippen LogP contribution in [0.4, 0.5) is 4.39 Å². The summed E-state index contributed by atoms with van der Waals surface area (Å²) in [5.41, 5.74) is 1.47. The van der Waals surface area contributed by atoms with Crippen LogP contribution in [0.5, 0.6) is 5.75 Å². The third kappa shape index (κ3) is 5.16. The second-order valence-electron chi connectivity index (χ2n) is 5.16. The first-order valence-corrected chi connectivity index (χ1v) is 7.96. The molecule has 0 saturated heterocycles. The average molecular weight is 361 g/mol. The Bertz CT molecular complexity index is 789. The Hall–Kier alpha value is -2.66. The van der Waals surface area contributed by atoms with Crippen molar-refractivity contribution in [1.82, 2.24) is 5.01 Å². The van der Waals surface area contributed by atoms with Crippen LogP contribution in [0.25, 0.3) is 0 Å². The van der Waals surface area contributed by atoms with E-state index >= 15 is 0 Å². The van der Waals surface area contributed by atoms with E-state index < -0.39 is 5.82 Å². The Morgan fingerprint density at radius 3 is 2.56 bits per heavy atom. The van der Waals surface area contributed by atoms with Crippen molar-refractivity contribution in [3.63, 3.8) is 0 Å². The molecule has 0 radical (unpaired) electrons. The summed E-state index contributed by atoms with van der Waals surface area (Å²) < 4.78 is 19.3. The molecule has 2 aromatic rings. The molecule has 2 aromatic carbocycles. The number of ether oxygens (including phenoxy) is 1. The van der Waals surface area contributed by atoms with Crippen molar-refractivity contribution < 1.29 is 13.9 Å². The van der Waals surface area contributed by atoms with Crippen LogP contribution in [-0.2, 0) is 11.3 Å². The van der Waals surface area contributed by atoms with Gasteiger partial charge in [0, 0.05) is 16.7 Å². The zero-order valence-electron chi connectivity index (χ0n) is 13.9. The molecule has 0 aliphatic carbocycles. The highest BCUT2D eigenvalue weighted by Crippen LogP contribution is 2.18. The van der Waals surface area contributed by atoms with Gasteiger partial charge >= 0.3 is 0 Å². The lowest BCUT2D eigenvalue weighted by molar-refractivity contribution is -0.118. The molecule has 0 aliphatic rings. The Morgan fingerprint density at radius 2 is 2.00 bits per heavy atom. The smallest absolute Gasteiger partial charge is 0.230 e. The fourth-order valence-electron chi connectivity index (χ4n) is 2.18. The van der Waals surface area contributed by atoms with Crippen LogP contribution in [0.2, 0.25) is 5.02 Å². The summed E-state index contributed by atoms with van der Waals surface area (Å²) in [6, 6.07) is 11.6. The largest absolute Gasteiger partial charge is 0.497 e. The van der Waals surface area contributed by atoms with Gasteiger partial charge in [-0.1, -0.05) is 29.8 Å². The maximum absolute atomic E-state index is 14.3. The highest BCUT2D eigenvalue weighted by molar-refractivity contribution is 6.30. The van der Waals surface area contributed by atoms with Crippen molar-refractivity contribution in [2.45, 2.75) is 13.5 Å². The van der Waals surface area contributed by atoms with Crippen LogP contribution in [0.3, 0.4) is 0 Å². The van der Waals surface area contributed by atoms with Crippen LogP contribution >= 0.6 is 11.6 Å². The normalized spacial score (nSPS) is 11.6. The van der Waals surface area contributed by atoms with Crippen molar-refractivity contribution in [3.8, 4) is 5.75 Å². The lowest BCUT2D eigenvalue weighted by Crippen LogP contribution is -2.18. The van der Waals surface area contributed by atoms with E-state index in [0.717, 1.165) is 5.56 Å². The van der Waals surface area contributed by atoms with E-state index in [1.165, 1.54) is 18.2 Å². The van der Waals surface area contributed by atoms with Crippen LogP contribution in [0.1, 0.15) is 18.1 Å². The van der Waals surface area contributed by atoms with Crippen molar-refractivity contribution in [3.05, 3.63) is 76.6 Å². The molecule has 4 nitrogen and oxygen atoms in total. The quantitative estimate of drug-likeness (QED) is 0.416. The number of carbonyl (C=O) groups excluding carboxylic acids is 1. The monoisotopic (exact) mass is 360 g/mol. The van der Waals surface area contributed by atoms with E-state index in [1.54, 1.807) is 55.5 Å². The predicted molar refractivity (Wildman–Crippen MR) is 97.4 cm³/mol. The van der Waals surface area contributed by atoms with E-state index in [1.807, 2.05) is 0 Å². The van der Waals surface area contributed by atoms with Gasteiger partial charge in [-0.25, -0.2) is 9.40 Å². The fourth-order valence-corrected chi connectivity index (χ4v) is 2.30. The maximum atomic E-state index is 14.3. The number of allylic oxidation sites excluding steroid dienone is 2. The molecule has 25 heavy (non-hydrogen) atoms. The fraction of sp³-hybridized carbons (Fsp3) is 0.158. The number of hydrazone groups is 1. The van der Waals surface area contributed by atoms with E-state index in [9.17, 15) is 9.18 Å². The highest BCUT2D eigenvalue weighted by Gasteiger charge is 2.11. The van der Waals surface area contributed by atoms with Gasteiger partial charge in [0.15, 0.2) is 0 Å². The number of rotatable bonds is 7. The summed E-state index contributed by atoms with van der Waals surface area (Å²) in [7, 11) is 1.47. The molecule has 0 aliphatic heterocycles. The minimum absolute atomic E-state index is 0.250. The number of hydrogen-bond donors (Lipinski definition) is 0. The molecule has 0 aromatic heterocycles. The number of amides is 1. The standard InChI is InChI=1S/C19H18ClFN2O2/c1-3-4-19(17-10-9-16(25-2)11-18(17)21)22-23(13-24)12-14-5-7-15(20)8-6-14/h3-11,13H,12H2,1-2H3/b4-3-,22-19+. The minimum atomic E-state index is -0.478. The second-order valence-corrected chi connectivity index (χ2v) is 5.60. The molecule has 0 bridgehead atoms. The summed E-state index contributed by atoms with van der Waals surface area (Å²) in [5.74, 6) is -0.0666. The number of nitrogens with zero attached hydrogens (tertiary/aromatic N) is 2. The first kappa shape index (κ1) is 18.7. The van der Waals surface area contributed by atoms with Crippen molar-refractivity contribution in [1.29, 1.82) is 0 Å². The molecule has 130 valence electrons. The number of methoxy groups -OCH3 is 1. The molecule has 0 N–H and O–H groups in total. The van der Waals surface area contributed by atoms with Crippen LogP contribution in [-0.4, -0.2) is 24.2 Å². The molecule has 0 fully saturated rings. The van der Waals surface area contributed by atoms with Gasteiger partial charge in [0.05, 0.1) is 19.4 Å². The number of carbonyl (C=O) groups is 1. The van der Waals surface area contributed by atoms with Gasteiger partial charge in [0.1, 0.15) is 11.6 Å².